The highest BCUT2D eigenvalue weighted by atomic mass is 16.4. The van der Waals surface area contributed by atoms with Gasteiger partial charge < -0.3 is 15.5 Å². The van der Waals surface area contributed by atoms with Crippen LogP contribution in [0.25, 0.3) is 0 Å². The summed E-state index contributed by atoms with van der Waals surface area (Å²) in [5, 5.41) is 22.4. The first-order valence-corrected chi connectivity index (χ1v) is 6.65. The van der Waals surface area contributed by atoms with E-state index in [0.717, 1.165) is 25.7 Å². The molecule has 0 aromatic heterocycles. The van der Waals surface area contributed by atoms with E-state index in [9.17, 15) is 9.90 Å². The molecule has 1 rings (SSSR count). The molecule has 0 spiro atoms. The van der Waals surface area contributed by atoms with E-state index in [2.05, 4.69) is 12.2 Å². The molecule has 4 heteroatoms. The Morgan fingerprint density at radius 2 is 2.29 bits per heavy atom. The van der Waals surface area contributed by atoms with Crippen LogP contribution in [0.1, 0.15) is 52.4 Å². The molecule has 0 aliphatic heterocycles. The van der Waals surface area contributed by atoms with Gasteiger partial charge in [0.15, 0.2) is 0 Å². The van der Waals surface area contributed by atoms with Crippen LogP contribution in [-0.4, -0.2) is 34.4 Å². The number of hydrogen-bond donors (Lipinski definition) is 3. The fourth-order valence-corrected chi connectivity index (χ4v) is 2.71. The summed E-state index contributed by atoms with van der Waals surface area (Å²) in [6.07, 6.45) is 5.20. The van der Waals surface area contributed by atoms with Crippen molar-refractivity contribution in [2.75, 3.05) is 6.54 Å². The van der Waals surface area contributed by atoms with E-state index in [4.69, 9.17) is 5.11 Å². The second-order valence-electron chi connectivity index (χ2n) is 5.49. The van der Waals surface area contributed by atoms with Crippen LogP contribution in [0.5, 0.6) is 0 Å². The minimum Gasteiger partial charge on any atom is -0.480 e. The average molecular weight is 243 g/mol. The van der Waals surface area contributed by atoms with Crippen LogP contribution in [0.3, 0.4) is 0 Å². The summed E-state index contributed by atoms with van der Waals surface area (Å²) in [6.45, 7) is 4.51. The largest absolute Gasteiger partial charge is 0.480 e. The quantitative estimate of drug-likeness (QED) is 0.665. The number of nitrogens with one attached hydrogen (secondary N) is 1. The van der Waals surface area contributed by atoms with Crippen LogP contribution in [0.15, 0.2) is 0 Å². The van der Waals surface area contributed by atoms with E-state index in [-0.39, 0.29) is 0 Å². The van der Waals surface area contributed by atoms with Gasteiger partial charge in [0.1, 0.15) is 6.04 Å². The van der Waals surface area contributed by atoms with Crippen molar-refractivity contribution in [1.82, 2.24) is 5.32 Å². The van der Waals surface area contributed by atoms with Crippen molar-refractivity contribution in [2.24, 2.45) is 5.92 Å². The van der Waals surface area contributed by atoms with Gasteiger partial charge in [-0.1, -0.05) is 33.1 Å². The maximum atomic E-state index is 11.0. The van der Waals surface area contributed by atoms with Crippen LogP contribution < -0.4 is 5.32 Å². The zero-order valence-electron chi connectivity index (χ0n) is 10.9. The van der Waals surface area contributed by atoms with E-state index >= 15 is 0 Å². The van der Waals surface area contributed by atoms with E-state index in [1.165, 1.54) is 6.42 Å². The predicted octanol–water partition coefficient (Wildman–Crippen LogP) is 1.77. The molecule has 17 heavy (non-hydrogen) atoms. The Morgan fingerprint density at radius 3 is 2.82 bits per heavy atom. The van der Waals surface area contributed by atoms with Gasteiger partial charge in [-0.15, -0.1) is 0 Å². The number of aliphatic carboxylic acids is 1. The fourth-order valence-electron chi connectivity index (χ4n) is 2.71. The summed E-state index contributed by atoms with van der Waals surface area (Å²) in [5.41, 5.74) is -0.709. The molecule has 0 saturated heterocycles. The third-order valence-corrected chi connectivity index (χ3v) is 3.62. The van der Waals surface area contributed by atoms with Crippen LogP contribution in [0.4, 0.5) is 0 Å². The zero-order valence-corrected chi connectivity index (χ0v) is 10.9. The van der Waals surface area contributed by atoms with E-state index < -0.39 is 17.6 Å². The maximum Gasteiger partial charge on any atom is 0.320 e. The highest BCUT2D eigenvalue weighted by molar-refractivity contribution is 5.73. The summed E-state index contributed by atoms with van der Waals surface area (Å²) in [4.78, 5) is 11.0. The fraction of sp³-hybridized carbons (Fsp3) is 0.923. The summed E-state index contributed by atoms with van der Waals surface area (Å²) in [5.74, 6) is -0.288. The van der Waals surface area contributed by atoms with E-state index in [0.29, 0.717) is 18.9 Å². The minimum absolute atomic E-state index is 0.397. The molecule has 3 unspecified atom stereocenters. The van der Waals surface area contributed by atoms with Gasteiger partial charge in [0, 0.05) is 6.54 Å². The van der Waals surface area contributed by atoms with Crippen molar-refractivity contribution in [3.63, 3.8) is 0 Å². The lowest BCUT2D eigenvalue weighted by Gasteiger charge is -2.36. The Hall–Kier alpha value is -0.610. The second kappa shape index (κ2) is 6.36. The first kappa shape index (κ1) is 14.5. The predicted molar refractivity (Wildman–Crippen MR) is 66.9 cm³/mol. The molecule has 1 aliphatic carbocycles. The molecule has 100 valence electrons. The van der Waals surface area contributed by atoms with Gasteiger partial charge in [-0.2, -0.15) is 0 Å². The van der Waals surface area contributed by atoms with Gasteiger partial charge in [0.2, 0.25) is 0 Å². The van der Waals surface area contributed by atoms with Crippen LogP contribution in [-0.2, 0) is 4.79 Å². The lowest BCUT2D eigenvalue weighted by atomic mass is 9.79. The molecule has 0 radical (unpaired) electrons. The van der Waals surface area contributed by atoms with Crippen LogP contribution >= 0.6 is 0 Å². The Kier molecular flexibility index (Phi) is 5.40. The Bertz CT molecular complexity index is 257. The molecule has 0 amide bonds. The molecule has 4 nitrogen and oxygen atoms in total. The third kappa shape index (κ3) is 4.64. The van der Waals surface area contributed by atoms with Crippen LogP contribution in [0, 0.1) is 5.92 Å². The molecular formula is C13H25NO3. The smallest absolute Gasteiger partial charge is 0.320 e. The number of hydrogen-bond acceptors (Lipinski definition) is 3. The average Bonchev–Trinajstić information content (AvgIpc) is 2.23. The Labute approximate surface area is 103 Å². The summed E-state index contributed by atoms with van der Waals surface area (Å²) in [6, 6.07) is -0.527. The highest BCUT2D eigenvalue weighted by Gasteiger charge is 2.33. The molecule has 1 aliphatic rings. The Balaban J connectivity index is 2.44. The number of rotatable bonds is 6. The summed E-state index contributed by atoms with van der Waals surface area (Å²) in [7, 11) is 0. The van der Waals surface area contributed by atoms with Crippen molar-refractivity contribution in [2.45, 2.75) is 64.0 Å². The van der Waals surface area contributed by atoms with E-state index in [1.807, 2.05) is 6.92 Å². The minimum atomic E-state index is -0.820. The van der Waals surface area contributed by atoms with Gasteiger partial charge >= 0.3 is 5.97 Å². The molecule has 0 aromatic rings. The van der Waals surface area contributed by atoms with Crippen molar-refractivity contribution in [1.29, 1.82) is 0 Å². The first-order chi connectivity index (χ1) is 7.97. The summed E-state index contributed by atoms with van der Waals surface area (Å²) >= 11 is 0. The van der Waals surface area contributed by atoms with Crippen molar-refractivity contribution < 1.29 is 15.0 Å². The monoisotopic (exact) mass is 243 g/mol. The van der Waals surface area contributed by atoms with Gasteiger partial charge in [-0.05, 0) is 25.2 Å². The molecule has 0 heterocycles. The topological polar surface area (TPSA) is 69.6 Å². The highest BCUT2D eigenvalue weighted by Crippen LogP contribution is 2.31. The number of aliphatic hydroxyl groups is 1. The van der Waals surface area contributed by atoms with Crippen molar-refractivity contribution in [3.05, 3.63) is 0 Å². The first-order valence-electron chi connectivity index (χ1n) is 6.65. The SMILES string of the molecule is CCCC(NCC1(O)CCCC(C)C1)C(=O)O. The molecule has 3 atom stereocenters. The lowest BCUT2D eigenvalue weighted by Crippen LogP contribution is -2.49. The molecular weight excluding hydrogens is 218 g/mol. The van der Waals surface area contributed by atoms with E-state index in [1.54, 1.807) is 0 Å². The maximum absolute atomic E-state index is 11.0. The second-order valence-corrected chi connectivity index (χ2v) is 5.49. The third-order valence-electron chi connectivity index (χ3n) is 3.62. The Morgan fingerprint density at radius 1 is 1.59 bits per heavy atom. The summed E-state index contributed by atoms with van der Waals surface area (Å²) < 4.78 is 0. The number of carboxylic acids is 1. The van der Waals surface area contributed by atoms with Gasteiger partial charge in [-0.25, -0.2) is 0 Å². The molecule has 0 bridgehead atoms. The number of carbonyl (C=O) groups is 1. The van der Waals surface area contributed by atoms with Gasteiger partial charge in [0.25, 0.3) is 0 Å². The number of carboxylic acid groups (broad SMARTS) is 1. The molecule has 1 fully saturated rings. The molecule has 0 aromatic carbocycles. The zero-order chi connectivity index (χ0) is 12.9. The van der Waals surface area contributed by atoms with Crippen LogP contribution in [0.2, 0.25) is 0 Å². The van der Waals surface area contributed by atoms with Gasteiger partial charge in [-0.3, -0.25) is 4.79 Å². The molecule has 3 N–H and O–H groups in total. The normalized spacial score (nSPS) is 31.1. The van der Waals surface area contributed by atoms with Gasteiger partial charge in [0.05, 0.1) is 5.60 Å². The van der Waals surface area contributed by atoms with Crippen molar-refractivity contribution in [3.8, 4) is 0 Å². The lowest BCUT2D eigenvalue weighted by molar-refractivity contribution is -0.140. The molecule has 1 saturated carbocycles. The van der Waals surface area contributed by atoms with Crippen molar-refractivity contribution >= 4 is 5.97 Å². The standard InChI is InChI=1S/C13H25NO3/c1-3-5-11(12(15)16)14-9-13(17)7-4-6-10(2)8-13/h10-11,14,17H,3-9H2,1-2H3,(H,15,16).